The lowest BCUT2D eigenvalue weighted by Crippen LogP contribution is -2.31. The standard InChI is InChI=1S/C20H23BrN2O5S/c1-4-23(13-15-6-5-7-17-19(15)28-11-10-27-17)20(24)14-8-9-16(21)18(12-14)29(25,26)22(2)3/h5-9,12H,4,10-11,13H2,1-3H3. The number of nitrogens with zero attached hydrogens (tertiary/aromatic N) is 2. The molecule has 0 radical (unpaired) electrons. The largest absolute Gasteiger partial charge is 0.486 e. The molecule has 0 saturated heterocycles. The fraction of sp³-hybridized carbons (Fsp3) is 0.350. The summed E-state index contributed by atoms with van der Waals surface area (Å²) in [6, 6.07) is 10.2. The highest BCUT2D eigenvalue weighted by Gasteiger charge is 2.25. The zero-order valence-corrected chi connectivity index (χ0v) is 18.9. The molecule has 0 spiro atoms. The normalized spacial score (nSPS) is 13.4. The monoisotopic (exact) mass is 482 g/mol. The average Bonchev–Trinajstić information content (AvgIpc) is 2.71. The molecule has 29 heavy (non-hydrogen) atoms. The van der Waals surface area contributed by atoms with Crippen LogP contribution in [0.5, 0.6) is 11.5 Å². The van der Waals surface area contributed by atoms with Gasteiger partial charge >= 0.3 is 0 Å². The van der Waals surface area contributed by atoms with Crippen LogP contribution in [-0.2, 0) is 16.6 Å². The number of ether oxygens (including phenoxy) is 2. The first-order chi connectivity index (χ1) is 13.8. The molecule has 156 valence electrons. The molecule has 2 aromatic rings. The van der Waals surface area contributed by atoms with Gasteiger partial charge in [-0.05, 0) is 47.1 Å². The maximum absolute atomic E-state index is 13.1. The van der Waals surface area contributed by atoms with Crippen LogP contribution in [0.25, 0.3) is 0 Å². The molecule has 0 N–H and O–H groups in total. The Morgan fingerprint density at radius 2 is 1.86 bits per heavy atom. The molecule has 0 atom stereocenters. The van der Waals surface area contributed by atoms with E-state index in [1.165, 1.54) is 20.2 Å². The number of fused-ring (bicyclic) bond motifs is 1. The molecule has 1 amide bonds. The van der Waals surface area contributed by atoms with Crippen molar-refractivity contribution < 1.29 is 22.7 Å². The van der Waals surface area contributed by atoms with Gasteiger partial charge in [0.25, 0.3) is 5.91 Å². The molecule has 2 aromatic carbocycles. The van der Waals surface area contributed by atoms with Gasteiger partial charge in [-0.15, -0.1) is 0 Å². The van der Waals surface area contributed by atoms with Crippen LogP contribution in [0.2, 0.25) is 0 Å². The van der Waals surface area contributed by atoms with Gasteiger partial charge in [-0.25, -0.2) is 12.7 Å². The van der Waals surface area contributed by atoms with Crippen molar-refractivity contribution in [1.29, 1.82) is 0 Å². The minimum absolute atomic E-state index is 0.0539. The van der Waals surface area contributed by atoms with E-state index >= 15 is 0 Å². The number of halogens is 1. The van der Waals surface area contributed by atoms with E-state index in [-0.39, 0.29) is 10.8 Å². The Kier molecular flexibility index (Phi) is 6.50. The summed E-state index contributed by atoms with van der Waals surface area (Å²) in [5.74, 6) is 1.06. The smallest absolute Gasteiger partial charge is 0.254 e. The van der Waals surface area contributed by atoms with Gasteiger partial charge in [-0.3, -0.25) is 4.79 Å². The summed E-state index contributed by atoms with van der Waals surface area (Å²) in [6.45, 7) is 3.61. The third-order valence-corrected chi connectivity index (χ3v) is 7.42. The summed E-state index contributed by atoms with van der Waals surface area (Å²) in [7, 11) is -0.781. The lowest BCUT2D eigenvalue weighted by Gasteiger charge is -2.25. The first-order valence-electron chi connectivity index (χ1n) is 9.14. The predicted octanol–water partition coefficient (Wildman–Crippen LogP) is 3.13. The van der Waals surface area contributed by atoms with Crippen LogP contribution < -0.4 is 9.47 Å². The predicted molar refractivity (Wildman–Crippen MR) is 113 cm³/mol. The first-order valence-corrected chi connectivity index (χ1v) is 11.4. The summed E-state index contributed by atoms with van der Waals surface area (Å²) >= 11 is 3.27. The van der Waals surface area contributed by atoms with Gasteiger partial charge in [0.05, 0.1) is 4.90 Å². The Balaban J connectivity index is 1.91. The molecule has 0 unspecified atom stereocenters. The van der Waals surface area contributed by atoms with Crippen molar-refractivity contribution >= 4 is 31.9 Å². The van der Waals surface area contributed by atoms with E-state index in [0.717, 1.165) is 9.87 Å². The Labute approximate surface area is 179 Å². The minimum atomic E-state index is -3.69. The van der Waals surface area contributed by atoms with Gasteiger partial charge < -0.3 is 14.4 Å². The summed E-state index contributed by atoms with van der Waals surface area (Å²) in [5.41, 5.74) is 1.15. The maximum Gasteiger partial charge on any atom is 0.254 e. The summed E-state index contributed by atoms with van der Waals surface area (Å²) in [4.78, 5) is 14.8. The third kappa shape index (κ3) is 4.41. The van der Waals surface area contributed by atoms with Crippen LogP contribution in [0.15, 0.2) is 45.8 Å². The molecule has 0 bridgehead atoms. The molecule has 1 aliphatic rings. The van der Waals surface area contributed by atoms with Crippen molar-refractivity contribution in [2.24, 2.45) is 0 Å². The van der Waals surface area contributed by atoms with Crippen molar-refractivity contribution in [2.75, 3.05) is 33.9 Å². The SMILES string of the molecule is CCN(Cc1cccc2c1OCCO2)C(=O)c1ccc(Br)c(S(=O)(=O)N(C)C)c1. The van der Waals surface area contributed by atoms with E-state index in [4.69, 9.17) is 9.47 Å². The lowest BCUT2D eigenvalue weighted by atomic mass is 10.1. The molecule has 7 nitrogen and oxygen atoms in total. The highest BCUT2D eigenvalue weighted by Crippen LogP contribution is 2.34. The summed E-state index contributed by atoms with van der Waals surface area (Å²) in [5, 5.41) is 0. The third-order valence-electron chi connectivity index (χ3n) is 4.61. The second-order valence-electron chi connectivity index (χ2n) is 6.69. The van der Waals surface area contributed by atoms with Gasteiger partial charge in [0, 0.05) is 42.8 Å². The lowest BCUT2D eigenvalue weighted by molar-refractivity contribution is 0.0749. The van der Waals surface area contributed by atoms with Crippen LogP contribution in [0.1, 0.15) is 22.8 Å². The van der Waals surface area contributed by atoms with E-state index < -0.39 is 10.0 Å². The first kappa shape index (κ1) is 21.6. The molecular formula is C20H23BrN2O5S. The number of rotatable bonds is 6. The number of hydrogen-bond donors (Lipinski definition) is 0. The van der Waals surface area contributed by atoms with E-state index in [1.54, 1.807) is 17.0 Å². The number of para-hydroxylation sites is 1. The van der Waals surface area contributed by atoms with Gasteiger partial charge in [-0.1, -0.05) is 12.1 Å². The van der Waals surface area contributed by atoms with Gasteiger partial charge in [0.2, 0.25) is 10.0 Å². The minimum Gasteiger partial charge on any atom is -0.486 e. The molecular weight excluding hydrogens is 460 g/mol. The Hall–Kier alpha value is -2.10. The number of carbonyl (C=O) groups is 1. The number of benzene rings is 2. The van der Waals surface area contributed by atoms with Crippen LogP contribution in [-0.4, -0.2) is 57.4 Å². The average molecular weight is 483 g/mol. The van der Waals surface area contributed by atoms with Crippen molar-refractivity contribution in [3.05, 3.63) is 52.0 Å². The highest BCUT2D eigenvalue weighted by molar-refractivity contribution is 9.10. The maximum atomic E-state index is 13.1. The number of carbonyl (C=O) groups excluding carboxylic acids is 1. The van der Waals surface area contributed by atoms with Crippen molar-refractivity contribution in [1.82, 2.24) is 9.21 Å². The Bertz CT molecular complexity index is 1020. The van der Waals surface area contributed by atoms with E-state index in [9.17, 15) is 13.2 Å². The summed E-state index contributed by atoms with van der Waals surface area (Å²) < 4.78 is 38.0. The van der Waals surface area contributed by atoms with Gasteiger partial charge in [0.1, 0.15) is 13.2 Å². The molecule has 3 rings (SSSR count). The van der Waals surface area contributed by atoms with E-state index in [1.807, 2.05) is 25.1 Å². The highest BCUT2D eigenvalue weighted by atomic mass is 79.9. The van der Waals surface area contributed by atoms with Crippen LogP contribution in [0, 0.1) is 0 Å². The number of amides is 1. The topological polar surface area (TPSA) is 76.1 Å². The number of sulfonamides is 1. The fourth-order valence-corrected chi connectivity index (χ4v) is 4.85. The molecule has 0 fully saturated rings. The van der Waals surface area contributed by atoms with Gasteiger partial charge in [0.15, 0.2) is 11.5 Å². The molecule has 9 heteroatoms. The molecule has 0 saturated carbocycles. The Morgan fingerprint density at radius 3 is 2.55 bits per heavy atom. The van der Waals surface area contributed by atoms with Crippen LogP contribution >= 0.6 is 15.9 Å². The zero-order valence-electron chi connectivity index (χ0n) is 16.5. The quantitative estimate of drug-likeness (QED) is 0.631. The molecule has 0 aromatic heterocycles. The zero-order chi connectivity index (χ0) is 21.2. The second kappa shape index (κ2) is 8.73. The molecule has 0 aliphatic carbocycles. The van der Waals surface area contributed by atoms with E-state index in [2.05, 4.69) is 15.9 Å². The fourth-order valence-electron chi connectivity index (χ4n) is 3.00. The van der Waals surface area contributed by atoms with Crippen molar-refractivity contribution in [3.63, 3.8) is 0 Å². The molecule has 1 aliphatic heterocycles. The van der Waals surface area contributed by atoms with Crippen LogP contribution in [0.3, 0.4) is 0 Å². The van der Waals surface area contributed by atoms with Crippen molar-refractivity contribution in [2.45, 2.75) is 18.4 Å². The number of hydrogen-bond acceptors (Lipinski definition) is 5. The summed E-state index contributed by atoms with van der Waals surface area (Å²) in [6.07, 6.45) is 0. The van der Waals surface area contributed by atoms with Crippen molar-refractivity contribution in [3.8, 4) is 11.5 Å². The second-order valence-corrected chi connectivity index (χ2v) is 9.67. The van der Waals surface area contributed by atoms with Gasteiger partial charge in [-0.2, -0.15) is 0 Å². The Morgan fingerprint density at radius 1 is 1.14 bits per heavy atom. The van der Waals surface area contributed by atoms with E-state index in [0.29, 0.717) is 47.8 Å². The van der Waals surface area contributed by atoms with Crippen LogP contribution in [0.4, 0.5) is 0 Å². The molecule has 1 heterocycles.